The Morgan fingerprint density at radius 1 is 1.07 bits per heavy atom. The molecule has 1 amide bonds. The van der Waals surface area contributed by atoms with Gasteiger partial charge in [-0.1, -0.05) is 37.5 Å². The first-order valence-electron chi connectivity index (χ1n) is 14.1. The molecular weight excluding hydrogens is 583 g/mol. The van der Waals surface area contributed by atoms with Crippen LogP contribution >= 0.6 is 11.3 Å². The highest BCUT2D eigenvalue weighted by Crippen LogP contribution is 2.36. The van der Waals surface area contributed by atoms with Crippen LogP contribution in [0.25, 0.3) is 21.1 Å². The van der Waals surface area contributed by atoms with Crippen LogP contribution in [0.1, 0.15) is 50.6 Å². The lowest BCUT2D eigenvalue weighted by molar-refractivity contribution is -0.141. The van der Waals surface area contributed by atoms with E-state index in [0.717, 1.165) is 73.8 Å². The third-order valence-electron chi connectivity index (χ3n) is 7.76. The zero-order valence-corrected chi connectivity index (χ0v) is 24.7. The van der Waals surface area contributed by atoms with Crippen LogP contribution in [-0.2, 0) is 21.8 Å². The van der Waals surface area contributed by atoms with Gasteiger partial charge in [0.25, 0.3) is 0 Å². The molecule has 0 unspecified atom stereocenters. The van der Waals surface area contributed by atoms with Crippen molar-refractivity contribution in [3.63, 3.8) is 0 Å². The summed E-state index contributed by atoms with van der Waals surface area (Å²) in [5.74, 6) is 1.66. The Morgan fingerprint density at radius 2 is 1.76 bits per heavy atom. The predicted octanol–water partition coefficient (Wildman–Crippen LogP) is 6.20. The van der Waals surface area contributed by atoms with Gasteiger partial charge in [-0.15, -0.1) is 11.3 Å². The monoisotopic (exact) mass is 615 g/mol. The van der Waals surface area contributed by atoms with E-state index in [9.17, 15) is 22.2 Å². The second-order valence-electron chi connectivity index (χ2n) is 10.8. The average Bonchev–Trinajstić information content (AvgIpc) is 3.60. The molecule has 3 aliphatic rings. The molecule has 1 aliphatic heterocycles. The molecule has 2 saturated carbocycles. The van der Waals surface area contributed by atoms with E-state index in [1.165, 1.54) is 29.9 Å². The van der Waals surface area contributed by atoms with Crippen LogP contribution in [0.5, 0.6) is 0 Å². The van der Waals surface area contributed by atoms with Crippen molar-refractivity contribution >= 4 is 33.7 Å². The summed E-state index contributed by atoms with van der Waals surface area (Å²) in [4.78, 5) is 22.8. The van der Waals surface area contributed by atoms with Gasteiger partial charge in [-0.2, -0.15) is 18.4 Å². The van der Waals surface area contributed by atoms with E-state index in [-0.39, 0.29) is 17.5 Å². The highest BCUT2D eigenvalue weighted by Gasteiger charge is 2.45. The normalized spacial score (nSPS) is 18.9. The van der Waals surface area contributed by atoms with Gasteiger partial charge in [0.05, 0.1) is 16.6 Å². The summed E-state index contributed by atoms with van der Waals surface area (Å²) in [5, 5.41) is 12.2. The second kappa shape index (κ2) is 12.9. The Bertz CT molecular complexity index is 1450. The van der Waals surface area contributed by atoms with E-state index in [0.29, 0.717) is 16.5 Å². The number of hydrogen-bond acceptors (Lipinski definition) is 7. The molecule has 2 aliphatic carbocycles. The standard InChI is InChI=1S/C19H16F3N3OS2.C11H16N2O/c20-19(21,22)17-3-1-2-15(24-17)18-23-12-16(27-18)13-4-6-14(7-5-13)25-8-10-28(26)11-9-25;12-8-11(6-7-11)13-10(14)9-4-2-1-3-5-9/h1-7,12H,8-11H2;9H,1-7H2,(H,13,14). The maximum atomic E-state index is 12.9. The van der Waals surface area contributed by atoms with Gasteiger partial charge in [0.1, 0.15) is 16.2 Å². The summed E-state index contributed by atoms with van der Waals surface area (Å²) in [6, 6.07) is 14.0. The number of carbonyl (C=O) groups excluding carboxylic acids is 1. The highest BCUT2D eigenvalue weighted by atomic mass is 32.2. The number of rotatable bonds is 5. The minimum Gasteiger partial charge on any atom is -0.370 e. The number of nitrogens with zero attached hydrogens (tertiary/aromatic N) is 4. The second-order valence-corrected chi connectivity index (χ2v) is 13.6. The topological polar surface area (TPSA) is 99.0 Å². The lowest BCUT2D eigenvalue weighted by Crippen LogP contribution is -2.40. The maximum Gasteiger partial charge on any atom is 0.433 e. The lowest BCUT2D eigenvalue weighted by Gasteiger charge is -2.28. The van der Waals surface area contributed by atoms with Gasteiger partial charge in [0.15, 0.2) is 0 Å². The highest BCUT2D eigenvalue weighted by molar-refractivity contribution is 7.85. The van der Waals surface area contributed by atoms with Gasteiger partial charge in [-0.05, 0) is 55.5 Å². The Morgan fingerprint density at radius 3 is 2.38 bits per heavy atom. The number of hydrogen-bond donors (Lipinski definition) is 1. The van der Waals surface area contributed by atoms with E-state index in [1.807, 2.05) is 24.3 Å². The van der Waals surface area contributed by atoms with Crippen molar-refractivity contribution in [2.75, 3.05) is 29.5 Å². The molecule has 222 valence electrons. The average molecular weight is 616 g/mol. The molecule has 1 aromatic carbocycles. The molecule has 3 heterocycles. The van der Waals surface area contributed by atoms with Crippen molar-refractivity contribution < 1.29 is 22.2 Å². The number of amides is 1. The summed E-state index contributed by atoms with van der Waals surface area (Å²) in [5.41, 5.74) is 0.830. The molecule has 42 heavy (non-hydrogen) atoms. The van der Waals surface area contributed by atoms with Crippen molar-refractivity contribution in [3.05, 3.63) is 54.4 Å². The zero-order chi connectivity index (χ0) is 29.7. The number of carbonyl (C=O) groups is 1. The van der Waals surface area contributed by atoms with Crippen LogP contribution in [0.3, 0.4) is 0 Å². The van der Waals surface area contributed by atoms with Crippen LogP contribution in [-0.4, -0.2) is 50.2 Å². The number of thiazole rings is 1. The quantitative estimate of drug-likeness (QED) is 0.367. The van der Waals surface area contributed by atoms with Crippen LogP contribution < -0.4 is 10.2 Å². The van der Waals surface area contributed by atoms with Crippen molar-refractivity contribution in [2.24, 2.45) is 5.92 Å². The minimum atomic E-state index is -4.48. The molecule has 1 saturated heterocycles. The molecule has 3 aromatic rings. The molecule has 1 N–H and O–H groups in total. The molecular formula is C30H32F3N5O2S2. The number of benzene rings is 1. The van der Waals surface area contributed by atoms with Crippen LogP contribution in [0.4, 0.5) is 18.9 Å². The fourth-order valence-electron chi connectivity index (χ4n) is 5.06. The number of nitriles is 1. The van der Waals surface area contributed by atoms with Crippen molar-refractivity contribution in [3.8, 4) is 27.2 Å². The fourth-order valence-corrected chi connectivity index (χ4v) is 7.01. The van der Waals surface area contributed by atoms with E-state index < -0.39 is 28.2 Å². The number of nitrogens with one attached hydrogen (secondary N) is 1. The summed E-state index contributed by atoms with van der Waals surface area (Å²) in [6.07, 6.45) is 4.45. The summed E-state index contributed by atoms with van der Waals surface area (Å²) < 4.78 is 50.1. The number of alkyl halides is 3. The molecule has 2 aromatic heterocycles. The molecule has 12 heteroatoms. The summed E-state index contributed by atoms with van der Waals surface area (Å²) in [7, 11) is -0.716. The van der Waals surface area contributed by atoms with Crippen LogP contribution in [0.2, 0.25) is 0 Å². The van der Waals surface area contributed by atoms with E-state index in [2.05, 4.69) is 26.3 Å². The minimum absolute atomic E-state index is 0.115. The van der Waals surface area contributed by atoms with E-state index >= 15 is 0 Å². The van der Waals surface area contributed by atoms with Crippen molar-refractivity contribution in [1.29, 1.82) is 5.26 Å². The lowest BCUT2D eigenvalue weighted by atomic mass is 9.88. The molecule has 0 bridgehead atoms. The van der Waals surface area contributed by atoms with Gasteiger partial charge < -0.3 is 10.2 Å². The van der Waals surface area contributed by atoms with Gasteiger partial charge >= 0.3 is 6.18 Å². The van der Waals surface area contributed by atoms with Crippen molar-refractivity contribution in [2.45, 2.75) is 56.7 Å². The zero-order valence-electron chi connectivity index (χ0n) is 23.0. The first kappa shape index (κ1) is 30.2. The smallest absolute Gasteiger partial charge is 0.370 e. The predicted molar refractivity (Wildman–Crippen MR) is 158 cm³/mol. The molecule has 0 radical (unpaired) electrons. The van der Waals surface area contributed by atoms with Crippen molar-refractivity contribution in [1.82, 2.24) is 15.3 Å². The Hall–Kier alpha value is -3.30. The largest absolute Gasteiger partial charge is 0.433 e. The van der Waals surface area contributed by atoms with Gasteiger partial charge in [0.2, 0.25) is 5.91 Å². The van der Waals surface area contributed by atoms with Gasteiger partial charge in [-0.3, -0.25) is 9.00 Å². The third kappa shape index (κ3) is 7.55. The molecule has 0 spiro atoms. The van der Waals surface area contributed by atoms with Gasteiger partial charge in [-0.25, -0.2) is 9.97 Å². The Balaban J connectivity index is 0.000000211. The molecule has 3 fully saturated rings. The summed E-state index contributed by atoms with van der Waals surface area (Å²) >= 11 is 1.31. The Labute approximate surface area is 249 Å². The number of pyridine rings is 1. The molecule has 6 rings (SSSR count). The Kier molecular flexibility index (Phi) is 9.28. The first-order valence-corrected chi connectivity index (χ1v) is 16.4. The molecule has 7 nitrogen and oxygen atoms in total. The van der Waals surface area contributed by atoms with Gasteiger partial charge in [0, 0.05) is 53.2 Å². The third-order valence-corrected chi connectivity index (χ3v) is 10.1. The summed E-state index contributed by atoms with van der Waals surface area (Å²) in [6.45, 7) is 1.55. The SMILES string of the molecule is N#CC1(NC(=O)C2CCCCC2)CC1.O=S1CCN(c2ccc(-c3cnc(-c4cccc(C(F)(F)F)n4)s3)cc2)CC1. The molecule has 0 atom stereocenters. The van der Waals surface area contributed by atoms with E-state index in [1.54, 1.807) is 6.20 Å². The number of aromatic nitrogens is 2. The number of anilines is 1. The number of halogens is 3. The maximum absolute atomic E-state index is 12.9. The first-order chi connectivity index (χ1) is 20.2. The van der Waals surface area contributed by atoms with E-state index in [4.69, 9.17) is 5.26 Å². The van der Waals surface area contributed by atoms with Crippen LogP contribution in [0.15, 0.2) is 48.7 Å². The van der Waals surface area contributed by atoms with Crippen LogP contribution in [0, 0.1) is 17.2 Å². The fraction of sp³-hybridized carbons (Fsp3) is 0.467.